The number of nitrogens with zero attached hydrogens (tertiary/aromatic N) is 2. The Morgan fingerprint density at radius 1 is 0.939 bits per heavy atom. The van der Waals surface area contributed by atoms with E-state index >= 15 is 0 Å². The van der Waals surface area contributed by atoms with Crippen molar-refractivity contribution in [1.82, 2.24) is 9.88 Å². The van der Waals surface area contributed by atoms with Crippen LogP contribution in [-0.4, -0.2) is 49.1 Å². The van der Waals surface area contributed by atoms with Gasteiger partial charge in [0.25, 0.3) is 0 Å². The summed E-state index contributed by atoms with van der Waals surface area (Å²) in [6.07, 6.45) is 0.401. The summed E-state index contributed by atoms with van der Waals surface area (Å²) >= 11 is 1.68. The third-order valence-electron chi connectivity index (χ3n) is 6.12. The first kappa shape index (κ1) is 21.5. The van der Waals surface area contributed by atoms with Gasteiger partial charge in [0.05, 0.1) is 18.6 Å². The number of piperazine rings is 1. The summed E-state index contributed by atoms with van der Waals surface area (Å²) in [5, 5.41) is 2.17. The molecule has 1 saturated heterocycles. The molecule has 0 bridgehead atoms. The molecule has 33 heavy (non-hydrogen) atoms. The number of H-pyrrole nitrogens is 1. The van der Waals surface area contributed by atoms with Gasteiger partial charge in [0, 0.05) is 59.3 Å². The summed E-state index contributed by atoms with van der Waals surface area (Å²) in [6.45, 7) is 3.08. The smallest absolute Gasteiger partial charge is 0.227 e. The van der Waals surface area contributed by atoms with Crippen LogP contribution in [0.4, 0.5) is 5.69 Å². The van der Waals surface area contributed by atoms with Crippen molar-refractivity contribution in [3.05, 3.63) is 84.4 Å². The number of carbonyl (C=O) groups excluding carboxylic acids is 1. The zero-order chi connectivity index (χ0) is 22.6. The maximum absolute atomic E-state index is 13.3. The molecule has 1 aliphatic rings. The van der Waals surface area contributed by atoms with Crippen LogP contribution >= 0.6 is 11.8 Å². The largest absolute Gasteiger partial charge is 0.497 e. The molecule has 1 aliphatic heterocycles. The minimum Gasteiger partial charge on any atom is -0.497 e. The first-order valence-corrected chi connectivity index (χ1v) is 12.0. The van der Waals surface area contributed by atoms with E-state index in [4.69, 9.17) is 4.74 Å². The molecular weight excluding hydrogens is 430 g/mol. The van der Waals surface area contributed by atoms with Gasteiger partial charge in [-0.2, -0.15) is 0 Å². The monoisotopic (exact) mass is 457 g/mol. The summed E-state index contributed by atoms with van der Waals surface area (Å²) in [5.41, 5.74) is 3.29. The van der Waals surface area contributed by atoms with Gasteiger partial charge < -0.3 is 19.5 Å². The number of fused-ring (bicyclic) bond motifs is 1. The Balaban J connectivity index is 1.31. The number of aromatic amines is 1. The Morgan fingerprint density at radius 2 is 1.70 bits per heavy atom. The molecule has 168 valence electrons. The number of rotatable bonds is 6. The summed E-state index contributed by atoms with van der Waals surface area (Å²) in [5.74, 6) is 1.04. The zero-order valence-corrected chi connectivity index (χ0v) is 19.5. The van der Waals surface area contributed by atoms with Crippen LogP contribution in [0.25, 0.3) is 10.9 Å². The lowest BCUT2D eigenvalue weighted by atomic mass is 10.1. The molecule has 5 nitrogen and oxygen atoms in total. The molecule has 0 spiro atoms. The molecule has 0 saturated carbocycles. The number of benzene rings is 3. The normalized spacial score (nSPS) is 14.0. The fourth-order valence-electron chi connectivity index (χ4n) is 4.33. The van der Waals surface area contributed by atoms with Crippen LogP contribution in [-0.2, 0) is 11.2 Å². The maximum Gasteiger partial charge on any atom is 0.227 e. The number of hydrogen-bond donors (Lipinski definition) is 1. The lowest BCUT2D eigenvalue weighted by Crippen LogP contribution is -2.49. The molecule has 2 heterocycles. The van der Waals surface area contributed by atoms with Crippen LogP contribution in [0.15, 0.2) is 88.8 Å². The summed E-state index contributed by atoms with van der Waals surface area (Å²) in [4.78, 5) is 22.3. The van der Waals surface area contributed by atoms with E-state index in [0.717, 1.165) is 64.0 Å². The van der Waals surface area contributed by atoms with Gasteiger partial charge >= 0.3 is 0 Å². The van der Waals surface area contributed by atoms with Crippen LogP contribution in [0.1, 0.15) is 5.56 Å². The van der Waals surface area contributed by atoms with Crippen molar-refractivity contribution < 1.29 is 9.53 Å². The maximum atomic E-state index is 13.3. The van der Waals surface area contributed by atoms with Crippen molar-refractivity contribution in [3.8, 4) is 5.75 Å². The van der Waals surface area contributed by atoms with Gasteiger partial charge in [-0.15, -0.1) is 0 Å². The second kappa shape index (κ2) is 9.63. The number of para-hydroxylation sites is 1. The van der Waals surface area contributed by atoms with E-state index in [-0.39, 0.29) is 5.91 Å². The van der Waals surface area contributed by atoms with Gasteiger partial charge in [-0.25, -0.2) is 0 Å². The van der Waals surface area contributed by atoms with Gasteiger partial charge in [-0.05, 0) is 30.3 Å². The third kappa shape index (κ3) is 4.71. The van der Waals surface area contributed by atoms with Crippen molar-refractivity contribution >= 4 is 34.3 Å². The van der Waals surface area contributed by atoms with Crippen molar-refractivity contribution in [1.29, 1.82) is 0 Å². The van der Waals surface area contributed by atoms with Gasteiger partial charge in [0.2, 0.25) is 5.91 Å². The number of methoxy groups -OCH3 is 1. The first-order chi connectivity index (χ1) is 16.2. The van der Waals surface area contributed by atoms with E-state index < -0.39 is 0 Å². The van der Waals surface area contributed by atoms with Gasteiger partial charge in [0.1, 0.15) is 5.75 Å². The van der Waals surface area contributed by atoms with Crippen LogP contribution in [0.2, 0.25) is 0 Å². The van der Waals surface area contributed by atoms with E-state index in [2.05, 4.69) is 46.3 Å². The average molecular weight is 458 g/mol. The quantitative estimate of drug-likeness (QED) is 0.431. The van der Waals surface area contributed by atoms with Crippen molar-refractivity contribution in [2.75, 3.05) is 38.2 Å². The minimum absolute atomic E-state index is 0.181. The molecule has 4 aromatic rings. The Kier molecular flexibility index (Phi) is 6.26. The van der Waals surface area contributed by atoms with Crippen molar-refractivity contribution in [2.45, 2.75) is 16.3 Å². The second-order valence-electron chi connectivity index (χ2n) is 8.14. The highest BCUT2D eigenvalue weighted by molar-refractivity contribution is 7.99. The van der Waals surface area contributed by atoms with Gasteiger partial charge in [-0.3, -0.25) is 4.79 Å². The molecule has 0 atom stereocenters. The molecule has 5 rings (SSSR count). The molecule has 0 radical (unpaired) electrons. The Labute approximate surface area is 198 Å². The molecule has 1 N–H and O–H groups in total. The average Bonchev–Trinajstić information content (AvgIpc) is 3.21. The highest BCUT2D eigenvalue weighted by atomic mass is 32.2. The van der Waals surface area contributed by atoms with Crippen LogP contribution in [0, 0.1) is 0 Å². The fraction of sp³-hybridized carbons (Fsp3) is 0.222. The Hall–Kier alpha value is -3.38. The predicted octanol–water partition coefficient (Wildman–Crippen LogP) is 5.22. The molecule has 6 heteroatoms. The number of nitrogens with one attached hydrogen (secondary N) is 1. The van der Waals surface area contributed by atoms with E-state index in [0.29, 0.717) is 6.42 Å². The number of hydrogen-bond acceptors (Lipinski definition) is 4. The lowest BCUT2D eigenvalue weighted by Gasteiger charge is -2.36. The highest BCUT2D eigenvalue weighted by Gasteiger charge is 2.24. The molecule has 0 aliphatic carbocycles. The Morgan fingerprint density at radius 3 is 2.48 bits per heavy atom. The van der Waals surface area contributed by atoms with E-state index in [1.165, 1.54) is 0 Å². The van der Waals surface area contributed by atoms with E-state index in [1.807, 2.05) is 47.4 Å². The fourth-order valence-corrected chi connectivity index (χ4v) is 5.32. The second-order valence-corrected chi connectivity index (χ2v) is 9.22. The lowest BCUT2D eigenvalue weighted by molar-refractivity contribution is -0.130. The number of ether oxygens (including phenoxy) is 1. The molecule has 3 aromatic carbocycles. The summed E-state index contributed by atoms with van der Waals surface area (Å²) in [6, 6.07) is 26.6. The summed E-state index contributed by atoms with van der Waals surface area (Å²) in [7, 11) is 1.69. The standard InChI is InChI=1S/C27H27N3O2S/c1-32-21-9-7-8-20(18-21)29-14-16-30(17-15-29)26(31)19-24-23-12-5-6-13-25(23)28-27(24)33-22-10-3-2-4-11-22/h2-13,18,28H,14-17,19H2,1H3. The topological polar surface area (TPSA) is 48.6 Å². The molecule has 0 unspecified atom stereocenters. The number of anilines is 1. The molecule has 1 amide bonds. The van der Waals surface area contributed by atoms with E-state index in [9.17, 15) is 4.79 Å². The van der Waals surface area contributed by atoms with Crippen molar-refractivity contribution in [2.24, 2.45) is 0 Å². The van der Waals surface area contributed by atoms with Gasteiger partial charge in [0.15, 0.2) is 0 Å². The number of aromatic nitrogens is 1. The van der Waals surface area contributed by atoms with Crippen LogP contribution in [0.5, 0.6) is 5.75 Å². The summed E-state index contributed by atoms with van der Waals surface area (Å²) < 4.78 is 5.36. The SMILES string of the molecule is COc1cccc(N2CCN(C(=O)Cc3c(Sc4ccccc4)[nH]c4ccccc34)CC2)c1. The first-order valence-electron chi connectivity index (χ1n) is 11.2. The zero-order valence-electron chi connectivity index (χ0n) is 18.7. The number of amides is 1. The Bertz CT molecular complexity index is 1250. The molecular formula is C27H27N3O2S. The molecule has 1 aromatic heterocycles. The van der Waals surface area contributed by atoms with Crippen LogP contribution in [0.3, 0.4) is 0 Å². The minimum atomic E-state index is 0.181. The third-order valence-corrected chi connectivity index (χ3v) is 7.18. The van der Waals surface area contributed by atoms with Gasteiger partial charge in [-0.1, -0.05) is 54.2 Å². The van der Waals surface area contributed by atoms with Crippen molar-refractivity contribution in [3.63, 3.8) is 0 Å². The van der Waals surface area contributed by atoms with E-state index in [1.54, 1.807) is 18.9 Å². The highest BCUT2D eigenvalue weighted by Crippen LogP contribution is 2.35. The number of carbonyl (C=O) groups is 1. The molecule has 1 fully saturated rings. The van der Waals surface area contributed by atoms with Crippen LogP contribution < -0.4 is 9.64 Å². The predicted molar refractivity (Wildman–Crippen MR) is 134 cm³/mol.